The standard InChI is InChI=1S/C21H23N3O5/c1-2-29-19-9-8-16(14-18(19)24(27)28)21(26)23-12-10-15(11-13-23)20(25)22-17-6-4-3-5-7-17/h3-9,14-15H,2,10-13H2,1H3,(H,22,25). The van der Waals surface area contributed by atoms with Gasteiger partial charge in [0.1, 0.15) is 0 Å². The van der Waals surface area contributed by atoms with Crippen molar-refractivity contribution in [3.63, 3.8) is 0 Å². The molecule has 8 nitrogen and oxygen atoms in total. The van der Waals surface area contributed by atoms with Crippen LogP contribution in [-0.2, 0) is 4.79 Å². The van der Waals surface area contributed by atoms with E-state index in [1.54, 1.807) is 11.8 Å². The molecule has 0 spiro atoms. The number of likely N-dealkylation sites (tertiary alicyclic amines) is 1. The molecule has 152 valence electrons. The van der Waals surface area contributed by atoms with E-state index in [4.69, 9.17) is 4.74 Å². The number of nitro groups is 1. The number of anilines is 1. The molecule has 1 heterocycles. The van der Waals surface area contributed by atoms with Crippen LogP contribution < -0.4 is 10.1 Å². The van der Waals surface area contributed by atoms with Crippen LogP contribution in [0, 0.1) is 16.0 Å². The van der Waals surface area contributed by atoms with E-state index in [9.17, 15) is 19.7 Å². The van der Waals surface area contributed by atoms with E-state index in [2.05, 4.69) is 5.32 Å². The summed E-state index contributed by atoms with van der Waals surface area (Å²) in [6.07, 6.45) is 1.09. The van der Waals surface area contributed by atoms with Crippen molar-refractivity contribution in [1.29, 1.82) is 0 Å². The lowest BCUT2D eigenvalue weighted by molar-refractivity contribution is -0.385. The Bertz CT molecular complexity index is 892. The Morgan fingerprint density at radius 2 is 1.86 bits per heavy atom. The maximum atomic E-state index is 12.8. The van der Waals surface area contributed by atoms with Crippen molar-refractivity contribution in [3.8, 4) is 5.75 Å². The van der Waals surface area contributed by atoms with Gasteiger partial charge >= 0.3 is 5.69 Å². The number of piperidine rings is 1. The van der Waals surface area contributed by atoms with Gasteiger partial charge in [0, 0.05) is 36.3 Å². The molecule has 0 atom stereocenters. The molecule has 1 saturated heterocycles. The molecule has 8 heteroatoms. The highest BCUT2D eigenvalue weighted by molar-refractivity contribution is 5.96. The minimum atomic E-state index is -0.554. The van der Waals surface area contributed by atoms with Gasteiger partial charge in [-0.3, -0.25) is 19.7 Å². The Morgan fingerprint density at radius 3 is 2.48 bits per heavy atom. The van der Waals surface area contributed by atoms with Gasteiger partial charge in [-0.2, -0.15) is 0 Å². The highest BCUT2D eigenvalue weighted by Gasteiger charge is 2.29. The largest absolute Gasteiger partial charge is 0.487 e. The minimum Gasteiger partial charge on any atom is -0.487 e. The fourth-order valence-corrected chi connectivity index (χ4v) is 3.36. The predicted octanol–water partition coefficient (Wildman–Crippen LogP) is 3.48. The second-order valence-electron chi connectivity index (χ2n) is 6.79. The van der Waals surface area contributed by atoms with Crippen LogP contribution in [0.4, 0.5) is 11.4 Å². The van der Waals surface area contributed by atoms with E-state index in [1.807, 2.05) is 30.3 Å². The zero-order valence-electron chi connectivity index (χ0n) is 16.2. The van der Waals surface area contributed by atoms with Crippen LogP contribution in [0.5, 0.6) is 5.75 Å². The zero-order valence-corrected chi connectivity index (χ0v) is 16.2. The van der Waals surface area contributed by atoms with Crippen LogP contribution in [-0.4, -0.2) is 41.3 Å². The molecule has 0 bridgehead atoms. The number of amides is 2. The maximum Gasteiger partial charge on any atom is 0.311 e. The molecule has 0 saturated carbocycles. The molecule has 0 aliphatic carbocycles. The van der Waals surface area contributed by atoms with Crippen molar-refractivity contribution in [2.45, 2.75) is 19.8 Å². The molecular formula is C21H23N3O5. The lowest BCUT2D eigenvalue weighted by Crippen LogP contribution is -2.41. The summed E-state index contributed by atoms with van der Waals surface area (Å²) in [6, 6.07) is 13.5. The SMILES string of the molecule is CCOc1ccc(C(=O)N2CCC(C(=O)Nc3ccccc3)CC2)cc1[N+](=O)[O-]. The lowest BCUT2D eigenvalue weighted by atomic mass is 9.95. The minimum absolute atomic E-state index is 0.0556. The number of ether oxygens (including phenoxy) is 1. The zero-order chi connectivity index (χ0) is 20.8. The molecule has 3 rings (SSSR count). The van der Waals surface area contributed by atoms with Crippen LogP contribution in [0.1, 0.15) is 30.1 Å². The van der Waals surface area contributed by atoms with E-state index in [0.717, 1.165) is 5.69 Å². The van der Waals surface area contributed by atoms with Crippen LogP contribution in [0.25, 0.3) is 0 Å². The molecule has 0 unspecified atom stereocenters. The summed E-state index contributed by atoms with van der Waals surface area (Å²) in [4.78, 5) is 37.6. The van der Waals surface area contributed by atoms with Crippen LogP contribution in [0.2, 0.25) is 0 Å². The molecule has 29 heavy (non-hydrogen) atoms. The number of benzene rings is 2. The number of nitro benzene ring substituents is 1. The molecule has 2 aromatic rings. The van der Waals surface area contributed by atoms with Gasteiger partial charge in [0.05, 0.1) is 11.5 Å². The summed E-state index contributed by atoms with van der Waals surface area (Å²) in [5.41, 5.74) is 0.764. The number of nitrogens with zero attached hydrogens (tertiary/aromatic N) is 2. The summed E-state index contributed by atoms with van der Waals surface area (Å²) in [5.74, 6) is -0.364. The third-order valence-corrected chi connectivity index (χ3v) is 4.90. The van der Waals surface area contributed by atoms with Crippen molar-refractivity contribution in [1.82, 2.24) is 4.90 Å². The van der Waals surface area contributed by atoms with Gasteiger partial charge in [0.2, 0.25) is 5.91 Å². The number of nitrogens with one attached hydrogen (secondary N) is 1. The monoisotopic (exact) mass is 397 g/mol. The fraction of sp³-hybridized carbons (Fsp3) is 0.333. The van der Waals surface area contributed by atoms with Gasteiger partial charge in [0.25, 0.3) is 5.91 Å². The summed E-state index contributed by atoms with van der Waals surface area (Å²) in [7, 11) is 0. The Morgan fingerprint density at radius 1 is 1.17 bits per heavy atom. The van der Waals surface area contributed by atoms with Crippen LogP contribution in [0.3, 0.4) is 0 Å². The second kappa shape index (κ2) is 9.18. The lowest BCUT2D eigenvalue weighted by Gasteiger charge is -2.31. The number of para-hydroxylation sites is 1. The predicted molar refractivity (Wildman–Crippen MR) is 108 cm³/mol. The molecule has 1 aliphatic heterocycles. The van der Waals surface area contributed by atoms with E-state index < -0.39 is 4.92 Å². The van der Waals surface area contributed by atoms with Gasteiger partial charge < -0.3 is 15.0 Å². The summed E-state index contributed by atoms with van der Waals surface area (Å²) in [5, 5.41) is 14.2. The van der Waals surface area contributed by atoms with Crippen LogP contribution >= 0.6 is 0 Å². The van der Waals surface area contributed by atoms with Crippen molar-refractivity contribution >= 4 is 23.2 Å². The Labute approximate surface area is 168 Å². The molecule has 1 N–H and O–H groups in total. The maximum absolute atomic E-state index is 12.8. The molecule has 0 radical (unpaired) electrons. The number of hydrogen-bond acceptors (Lipinski definition) is 5. The first-order valence-electron chi connectivity index (χ1n) is 9.56. The average molecular weight is 397 g/mol. The highest BCUT2D eigenvalue weighted by atomic mass is 16.6. The molecule has 1 fully saturated rings. The molecular weight excluding hydrogens is 374 g/mol. The third-order valence-electron chi connectivity index (χ3n) is 4.90. The first kappa shape index (κ1) is 20.3. The van der Waals surface area contributed by atoms with Gasteiger partial charge in [-0.05, 0) is 44.0 Å². The first-order chi connectivity index (χ1) is 14.0. The summed E-state index contributed by atoms with van der Waals surface area (Å²) < 4.78 is 5.26. The number of carbonyl (C=O) groups excluding carboxylic acids is 2. The van der Waals surface area contributed by atoms with Gasteiger partial charge in [0.15, 0.2) is 5.75 Å². The van der Waals surface area contributed by atoms with Gasteiger partial charge in [-0.25, -0.2) is 0 Å². The molecule has 0 aromatic heterocycles. The second-order valence-corrected chi connectivity index (χ2v) is 6.79. The number of carbonyl (C=O) groups is 2. The van der Waals surface area contributed by atoms with E-state index >= 15 is 0 Å². The number of hydrogen-bond donors (Lipinski definition) is 1. The summed E-state index contributed by atoms with van der Waals surface area (Å²) >= 11 is 0. The molecule has 1 aliphatic rings. The Hall–Kier alpha value is -3.42. The normalized spacial score (nSPS) is 14.3. The van der Waals surface area contributed by atoms with Crippen molar-refractivity contribution in [2.75, 3.05) is 25.0 Å². The third kappa shape index (κ3) is 4.90. The Kier molecular flexibility index (Phi) is 6.43. The van der Waals surface area contributed by atoms with Crippen LogP contribution in [0.15, 0.2) is 48.5 Å². The topological polar surface area (TPSA) is 102 Å². The molecule has 2 amide bonds. The quantitative estimate of drug-likeness (QED) is 0.594. The summed E-state index contributed by atoms with van der Waals surface area (Å²) in [6.45, 7) is 2.88. The Balaban J connectivity index is 1.62. The van der Waals surface area contributed by atoms with Crippen molar-refractivity contribution in [2.24, 2.45) is 5.92 Å². The first-order valence-corrected chi connectivity index (χ1v) is 9.56. The van der Waals surface area contributed by atoms with E-state index in [1.165, 1.54) is 18.2 Å². The van der Waals surface area contributed by atoms with Gasteiger partial charge in [-0.1, -0.05) is 18.2 Å². The smallest absolute Gasteiger partial charge is 0.311 e. The van der Waals surface area contributed by atoms with Crippen molar-refractivity contribution in [3.05, 3.63) is 64.2 Å². The van der Waals surface area contributed by atoms with Gasteiger partial charge in [-0.15, -0.1) is 0 Å². The number of rotatable bonds is 6. The molecule has 2 aromatic carbocycles. The average Bonchev–Trinajstić information content (AvgIpc) is 2.74. The van der Waals surface area contributed by atoms with E-state index in [-0.39, 0.29) is 34.7 Å². The van der Waals surface area contributed by atoms with E-state index in [0.29, 0.717) is 32.5 Å². The highest BCUT2D eigenvalue weighted by Crippen LogP contribution is 2.29. The fourth-order valence-electron chi connectivity index (χ4n) is 3.36. The van der Waals surface area contributed by atoms with Crippen molar-refractivity contribution < 1.29 is 19.2 Å².